The van der Waals surface area contributed by atoms with E-state index in [4.69, 9.17) is 31.0 Å². The molecule has 1 aliphatic rings. The van der Waals surface area contributed by atoms with Crippen LogP contribution in [0.1, 0.15) is 6.92 Å². The molecule has 0 aliphatic carbocycles. The first-order valence-corrected chi connectivity index (χ1v) is 12.4. The Hall–Kier alpha value is -0.700. The Labute approximate surface area is 171 Å². The number of rotatable bonds is 8. The zero-order valence-corrected chi connectivity index (χ0v) is 18.2. The predicted molar refractivity (Wildman–Crippen MR) is 95.3 cm³/mol. The van der Waals surface area contributed by atoms with Crippen molar-refractivity contribution in [2.24, 2.45) is 0 Å². The van der Waals surface area contributed by atoms with E-state index in [1.807, 2.05) is 4.98 Å². The summed E-state index contributed by atoms with van der Waals surface area (Å²) in [6, 6.07) is 0.944. The molecular weight excluding hydrogens is 500 g/mol. The molecule has 16 nitrogen and oxygen atoms in total. The summed E-state index contributed by atoms with van der Waals surface area (Å²) in [5, 5.41) is 10.6. The average Bonchev–Trinajstić information content (AvgIpc) is 2.76. The van der Waals surface area contributed by atoms with Gasteiger partial charge in [-0.05, 0) is 6.92 Å². The van der Waals surface area contributed by atoms with Gasteiger partial charge < -0.3 is 29.4 Å². The van der Waals surface area contributed by atoms with Gasteiger partial charge >= 0.3 is 29.2 Å². The van der Waals surface area contributed by atoms with Crippen molar-refractivity contribution in [2.75, 3.05) is 13.2 Å². The van der Waals surface area contributed by atoms with Crippen LogP contribution in [0.3, 0.4) is 0 Å². The highest BCUT2D eigenvalue weighted by molar-refractivity contribution is 7.66. The van der Waals surface area contributed by atoms with Gasteiger partial charge in [-0.25, -0.2) is 18.5 Å². The number of aromatic amines is 1. The molecule has 5 atom stereocenters. The molecule has 1 aliphatic heterocycles. The molecule has 0 aromatic carbocycles. The van der Waals surface area contributed by atoms with Crippen LogP contribution in [-0.4, -0.2) is 59.2 Å². The fourth-order valence-corrected chi connectivity index (χ4v) is 5.97. The molecule has 1 saturated heterocycles. The van der Waals surface area contributed by atoms with Crippen LogP contribution in [0.25, 0.3) is 0 Å². The Kier molecular flexibility index (Phi) is 7.10. The van der Waals surface area contributed by atoms with E-state index in [9.17, 15) is 33.3 Å². The first kappa shape index (κ1) is 25.6. The maximum atomic E-state index is 12.0. The van der Waals surface area contributed by atoms with E-state index >= 15 is 0 Å². The van der Waals surface area contributed by atoms with Crippen molar-refractivity contribution in [3.05, 3.63) is 33.1 Å². The van der Waals surface area contributed by atoms with Gasteiger partial charge in [-0.1, -0.05) is 11.6 Å². The second kappa shape index (κ2) is 8.34. The Morgan fingerprint density at radius 2 is 1.83 bits per heavy atom. The molecule has 0 spiro atoms. The number of phosphoric ester groups is 1. The van der Waals surface area contributed by atoms with Crippen LogP contribution in [-0.2, 0) is 36.6 Å². The van der Waals surface area contributed by atoms with Crippen molar-refractivity contribution in [2.45, 2.75) is 23.6 Å². The molecule has 20 heteroatoms. The van der Waals surface area contributed by atoms with Crippen LogP contribution in [0.15, 0.2) is 21.9 Å². The molecule has 3 unspecified atom stereocenters. The Bertz CT molecular complexity index is 1070. The molecule has 1 fully saturated rings. The normalized spacial score (nSPS) is 31.2. The molecule has 1 aromatic rings. The molecule has 2 rings (SSSR count). The summed E-state index contributed by atoms with van der Waals surface area (Å²) in [5.41, 5.74) is -3.61. The van der Waals surface area contributed by atoms with Gasteiger partial charge in [0, 0.05) is 12.3 Å². The van der Waals surface area contributed by atoms with Gasteiger partial charge in [0.15, 0.2) is 5.00 Å². The van der Waals surface area contributed by atoms with Crippen LogP contribution in [0, 0.1) is 0 Å². The summed E-state index contributed by atoms with van der Waals surface area (Å²) in [5.74, 6) is 0. The molecular formula is C10H16ClN2O14P3. The number of aromatic nitrogens is 2. The van der Waals surface area contributed by atoms with Crippen LogP contribution in [0.4, 0.5) is 0 Å². The summed E-state index contributed by atoms with van der Waals surface area (Å²) in [4.78, 5) is 58.7. The monoisotopic (exact) mass is 516 g/mol. The van der Waals surface area contributed by atoms with Gasteiger partial charge in [0.1, 0.15) is 11.7 Å². The molecule has 0 amide bonds. The Morgan fingerprint density at radius 1 is 1.23 bits per heavy atom. The summed E-state index contributed by atoms with van der Waals surface area (Å²) in [7, 11) is -16.8. The Balaban J connectivity index is 2.16. The smallest absolute Gasteiger partial charge is 0.386 e. The van der Waals surface area contributed by atoms with Crippen molar-refractivity contribution < 1.29 is 56.3 Å². The molecule has 30 heavy (non-hydrogen) atoms. The van der Waals surface area contributed by atoms with E-state index in [0.29, 0.717) is 0 Å². The van der Waals surface area contributed by atoms with E-state index in [1.165, 1.54) is 0 Å². The number of nitrogens with one attached hydrogen (secondary N) is 1. The minimum Gasteiger partial charge on any atom is -0.386 e. The topological polar surface area (TPSA) is 244 Å². The SMILES string of the molecule is C[C@]1(COP(=O)(O)OP(=O)(O)OP(=O)(O)O)OCC(Cl)(n2ccc(=O)[nH]c2=O)[C@@H]1O. The van der Waals surface area contributed by atoms with Crippen molar-refractivity contribution in [3.8, 4) is 0 Å². The number of aliphatic hydroxyl groups excluding tert-OH is 1. The minimum absolute atomic E-state index is 0.544. The number of nitrogens with zero attached hydrogens (tertiary/aromatic N) is 1. The van der Waals surface area contributed by atoms with Crippen LogP contribution < -0.4 is 11.2 Å². The highest BCUT2D eigenvalue weighted by Crippen LogP contribution is 2.66. The molecule has 6 N–H and O–H groups in total. The second-order valence-electron chi connectivity index (χ2n) is 6.17. The van der Waals surface area contributed by atoms with E-state index in [-0.39, 0.29) is 0 Å². The maximum Gasteiger partial charge on any atom is 0.490 e. The number of ether oxygens (including phenoxy) is 1. The lowest BCUT2D eigenvalue weighted by atomic mass is 9.97. The number of alkyl halides is 1. The van der Waals surface area contributed by atoms with Gasteiger partial charge in [0.05, 0.1) is 13.2 Å². The first-order chi connectivity index (χ1) is 13.4. The van der Waals surface area contributed by atoms with E-state index in [0.717, 1.165) is 23.8 Å². The first-order valence-electron chi connectivity index (χ1n) is 7.51. The molecule has 2 heterocycles. The van der Waals surface area contributed by atoms with Gasteiger partial charge in [-0.2, -0.15) is 8.62 Å². The van der Waals surface area contributed by atoms with Gasteiger partial charge in [0.2, 0.25) is 0 Å². The number of aliphatic hydroxyl groups is 1. The highest BCUT2D eigenvalue weighted by atomic mass is 35.5. The lowest BCUT2D eigenvalue weighted by Gasteiger charge is -2.32. The second-order valence-corrected chi connectivity index (χ2v) is 11.2. The molecule has 1 aromatic heterocycles. The number of hydrogen-bond donors (Lipinski definition) is 6. The quantitative estimate of drug-likeness (QED) is 0.178. The van der Waals surface area contributed by atoms with Crippen molar-refractivity contribution >= 4 is 35.1 Å². The van der Waals surface area contributed by atoms with Crippen LogP contribution in [0.5, 0.6) is 0 Å². The highest BCUT2D eigenvalue weighted by Gasteiger charge is 2.58. The van der Waals surface area contributed by atoms with E-state index in [2.05, 4.69) is 13.1 Å². The Morgan fingerprint density at radius 3 is 2.37 bits per heavy atom. The number of phosphoric acid groups is 3. The lowest BCUT2D eigenvalue weighted by Crippen LogP contribution is -2.52. The average molecular weight is 517 g/mol. The molecule has 0 bridgehead atoms. The van der Waals surface area contributed by atoms with Gasteiger partial charge in [-0.15, -0.1) is 0 Å². The molecule has 172 valence electrons. The van der Waals surface area contributed by atoms with Crippen molar-refractivity contribution in [1.82, 2.24) is 9.55 Å². The summed E-state index contributed by atoms with van der Waals surface area (Å²) in [6.07, 6.45) is -0.822. The van der Waals surface area contributed by atoms with Crippen LogP contribution in [0.2, 0.25) is 0 Å². The van der Waals surface area contributed by atoms with Crippen molar-refractivity contribution in [1.29, 1.82) is 0 Å². The van der Waals surface area contributed by atoms with Crippen LogP contribution >= 0.6 is 35.1 Å². The fourth-order valence-electron chi connectivity index (χ4n) is 2.44. The molecule has 0 radical (unpaired) electrons. The zero-order valence-electron chi connectivity index (χ0n) is 14.7. The molecule has 0 saturated carbocycles. The lowest BCUT2D eigenvalue weighted by molar-refractivity contribution is -0.0774. The largest absolute Gasteiger partial charge is 0.490 e. The summed E-state index contributed by atoms with van der Waals surface area (Å²) in [6.45, 7) is -0.411. The summed E-state index contributed by atoms with van der Waals surface area (Å²) < 4.78 is 51.4. The van der Waals surface area contributed by atoms with Gasteiger partial charge in [0.25, 0.3) is 5.56 Å². The number of hydrogen-bond acceptors (Lipinski definition) is 10. The maximum absolute atomic E-state index is 12.0. The zero-order chi connectivity index (χ0) is 23.2. The third kappa shape index (κ3) is 5.96. The minimum atomic E-state index is -5.73. The predicted octanol–water partition coefficient (Wildman–Crippen LogP) is -1.08. The van der Waals surface area contributed by atoms with E-state index < -0.39 is 64.6 Å². The van der Waals surface area contributed by atoms with Gasteiger partial charge in [-0.3, -0.25) is 18.9 Å². The third-order valence-corrected chi connectivity index (χ3v) is 8.04. The third-order valence-electron chi connectivity index (χ3n) is 3.76. The summed E-state index contributed by atoms with van der Waals surface area (Å²) >= 11 is 6.27. The standard InChI is InChI=1S/C10H16ClN2O14P3/c1-9(4-25-29(20,21)27-30(22,23)26-28(17,18)19)7(15)10(11,5-24-9)13-3-2-6(14)12-8(13)16/h2-3,7,15H,4-5H2,1H3,(H,20,21)(H,22,23)(H,12,14,16)(H2,17,18,19)/t7-,9-,10?/m1/s1. The number of H-pyrrole nitrogens is 1. The van der Waals surface area contributed by atoms with Crippen molar-refractivity contribution in [3.63, 3.8) is 0 Å². The van der Waals surface area contributed by atoms with E-state index in [1.54, 1.807) is 0 Å². The number of halogens is 1. The fraction of sp³-hybridized carbons (Fsp3) is 0.600.